The van der Waals surface area contributed by atoms with E-state index in [0.29, 0.717) is 25.2 Å². The predicted octanol–water partition coefficient (Wildman–Crippen LogP) is 0.596. The van der Waals surface area contributed by atoms with Gasteiger partial charge in [-0.2, -0.15) is 0 Å². The molecule has 0 spiro atoms. The molecule has 0 saturated carbocycles. The van der Waals surface area contributed by atoms with Crippen LogP contribution in [0, 0.1) is 5.82 Å². The van der Waals surface area contributed by atoms with Crippen molar-refractivity contribution in [3.63, 3.8) is 0 Å². The van der Waals surface area contributed by atoms with E-state index < -0.39 is 5.91 Å². The fourth-order valence-electron chi connectivity index (χ4n) is 2.27. The lowest BCUT2D eigenvalue weighted by atomic mass is 10.0. The number of benzene rings is 1. The Morgan fingerprint density at radius 3 is 2.85 bits per heavy atom. The summed E-state index contributed by atoms with van der Waals surface area (Å²) in [6.45, 7) is 1.66. The molecule has 110 valence electrons. The Kier molecular flexibility index (Phi) is 5.91. The molecule has 0 aliphatic carbocycles. The van der Waals surface area contributed by atoms with Crippen molar-refractivity contribution in [2.24, 2.45) is 5.73 Å². The first kappa shape index (κ1) is 16.4. The van der Waals surface area contributed by atoms with Gasteiger partial charge in [-0.3, -0.25) is 9.59 Å². The van der Waals surface area contributed by atoms with E-state index in [-0.39, 0.29) is 36.6 Å². The van der Waals surface area contributed by atoms with Crippen molar-refractivity contribution in [2.45, 2.75) is 12.5 Å². The molecule has 1 aliphatic heterocycles. The van der Waals surface area contributed by atoms with Crippen LogP contribution < -0.4 is 11.1 Å². The highest BCUT2D eigenvalue weighted by atomic mass is 35.5. The lowest BCUT2D eigenvalue weighted by molar-refractivity contribution is -0.137. The summed E-state index contributed by atoms with van der Waals surface area (Å²) in [5.41, 5.74) is 5.76. The van der Waals surface area contributed by atoms with E-state index in [4.69, 9.17) is 5.73 Å². The fourth-order valence-corrected chi connectivity index (χ4v) is 2.27. The lowest BCUT2D eigenvalue weighted by Crippen LogP contribution is -2.49. The third kappa shape index (κ3) is 3.91. The Balaban J connectivity index is 0.00000200. The number of rotatable bonds is 3. The van der Waals surface area contributed by atoms with E-state index in [2.05, 4.69) is 5.32 Å². The van der Waals surface area contributed by atoms with Gasteiger partial charge in [0.15, 0.2) is 0 Å². The number of hydrogen-bond donors (Lipinski definition) is 2. The van der Waals surface area contributed by atoms with Gasteiger partial charge in [-0.05, 0) is 17.7 Å². The number of halogens is 2. The summed E-state index contributed by atoms with van der Waals surface area (Å²) in [5.74, 6) is -1.31. The van der Waals surface area contributed by atoms with Gasteiger partial charge in [0, 0.05) is 19.6 Å². The molecule has 0 bridgehead atoms. The maximum atomic E-state index is 13.3. The Labute approximate surface area is 122 Å². The third-order valence-electron chi connectivity index (χ3n) is 3.12. The number of carbonyl (C=O) groups excluding carboxylic acids is 2. The zero-order valence-corrected chi connectivity index (χ0v) is 11.7. The van der Waals surface area contributed by atoms with Crippen LogP contribution in [0.1, 0.15) is 18.0 Å². The highest BCUT2D eigenvalue weighted by Gasteiger charge is 2.28. The summed E-state index contributed by atoms with van der Waals surface area (Å²) in [6, 6.07) is 5.87. The summed E-state index contributed by atoms with van der Waals surface area (Å²) in [7, 11) is 0. The van der Waals surface area contributed by atoms with Gasteiger partial charge in [0.05, 0.1) is 6.04 Å². The smallest absolute Gasteiger partial charge is 0.232 e. The lowest BCUT2D eigenvalue weighted by Gasteiger charge is -2.36. The number of nitrogens with two attached hydrogens (primary N) is 1. The third-order valence-corrected chi connectivity index (χ3v) is 3.12. The zero-order valence-electron chi connectivity index (χ0n) is 10.8. The second-order valence-corrected chi connectivity index (χ2v) is 4.51. The monoisotopic (exact) mass is 301 g/mol. The number of hydrogen-bond acceptors (Lipinski definition) is 3. The SMILES string of the molecule is Cl.NC(=O)CC(=O)N1CCNCC1c1cccc(F)c1. The minimum absolute atomic E-state index is 0. The molecule has 0 radical (unpaired) electrons. The van der Waals surface area contributed by atoms with Crippen LogP contribution in [0.3, 0.4) is 0 Å². The van der Waals surface area contributed by atoms with Gasteiger partial charge in [0.2, 0.25) is 11.8 Å². The molecule has 3 N–H and O–H groups in total. The topological polar surface area (TPSA) is 75.4 Å². The number of nitrogens with zero attached hydrogens (tertiary/aromatic N) is 1. The second kappa shape index (κ2) is 7.21. The van der Waals surface area contributed by atoms with Crippen LogP contribution in [0.4, 0.5) is 4.39 Å². The maximum Gasteiger partial charge on any atom is 0.232 e. The van der Waals surface area contributed by atoms with Gasteiger partial charge < -0.3 is 16.0 Å². The van der Waals surface area contributed by atoms with Crippen molar-refractivity contribution in [1.82, 2.24) is 10.2 Å². The molecule has 0 aromatic heterocycles. The van der Waals surface area contributed by atoms with E-state index in [1.54, 1.807) is 17.0 Å². The first-order valence-corrected chi connectivity index (χ1v) is 6.12. The van der Waals surface area contributed by atoms with Crippen molar-refractivity contribution in [2.75, 3.05) is 19.6 Å². The Bertz CT molecular complexity index is 498. The molecule has 1 aliphatic rings. The molecule has 5 nitrogen and oxygen atoms in total. The summed E-state index contributed by atoms with van der Waals surface area (Å²) in [4.78, 5) is 24.4. The minimum atomic E-state index is -0.651. The highest BCUT2D eigenvalue weighted by Crippen LogP contribution is 2.23. The molecule has 1 atom stereocenters. The Hall–Kier alpha value is -1.66. The van der Waals surface area contributed by atoms with Crippen molar-refractivity contribution >= 4 is 24.2 Å². The van der Waals surface area contributed by atoms with E-state index in [0.717, 1.165) is 0 Å². The number of nitrogens with one attached hydrogen (secondary N) is 1. The molecule has 1 heterocycles. The van der Waals surface area contributed by atoms with Crippen molar-refractivity contribution in [3.8, 4) is 0 Å². The molecular formula is C13H17ClFN3O2. The van der Waals surface area contributed by atoms with E-state index in [1.165, 1.54) is 12.1 Å². The van der Waals surface area contributed by atoms with Crippen molar-refractivity contribution in [3.05, 3.63) is 35.6 Å². The molecular weight excluding hydrogens is 285 g/mol. The molecule has 1 unspecified atom stereocenters. The van der Waals surface area contributed by atoms with Crippen LogP contribution in [-0.4, -0.2) is 36.3 Å². The first-order valence-electron chi connectivity index (χ1n) is 6.12. The Morgan fingerprint density at radius 1 is 1.45 bits per heavy atom. The normalized spacial score (nSPS) is 18.2. The maximum absolute atomic E-state index is 13.3. The molecule has 2 amide bonds. The largest absolute Gasteiger partial charge is 0.369 e. The summed E-state index contributed by atoms with van der Waals surface area (Å²) in [5, 5.41) is 3.16. The van der Waals surface area contributed by atoms with Crippen LogP contribution >= 0.6 is 12.4 Å². The van der Waals surface area contributed by atoms with Crippen LogP contribution in [-0.2, 0) is 9.59 Å². The van der Waals surface area contributed by atoms with Gasteiger partial charge in [-0.15, -0.1) is 12.4 Å². The van der Waals surface area contributed by atoms with Gasteiger partial charge in [0.25, 0.3) is 0 Å². The van der Waals surface area contributed by atoms with E-state index in [1.807, 2.05) is 0 Å². The summed E-state index contributed by atoms with van der Waals surface area (Å²) < 4.78 is 13.3. The highest BCUT2D eigenvalue weighted by molar-refractivity contribution is 5.96. The summed E-state index contributed by atoms with van der Waals surface area (Å²) in [6.07, 6.45) is -0.314. The minimum Gasteiger partial charge on any atom is -0.369 e. The van der Waals surface area contributed by atoms with Crippen molar-refractivity contribution in [1.29, 1.82) is 0 Å². The van der Waals surface area contributed by atoms with Crippen LogP contribution in [0.2, 0.25) is 0 Å². The van der Waals surface area contributed by atoms with E-state index >= 15 is 0 Å². The number of primary amides is 1. The predicted molar refractivity (Wildman–Crippen MR) is 74.8 cm³/mol. The average Bonchev–Trinajstić information content (AvgIpc) is 2.38. The number of amides is 2. The molecule has 1 aromatic rings. The van der Waals surface area contributed by atoms with Crippen LogP contribution in [0.15, 0.2) is 24.3 Å². The molecule has 1 aromatic carbocycles. The quantitative estimate of drug-likeness (QED) is 0.803. The first-order chi connectivity index (χ1) is 9.08. The molecule has 7 heteroatoms. The van der Waals surface area contributed by atoms with Gasteiger partial charge in [-0.25, -0.2) is 4.39 Å². The van der Waals surface area contributed by atoms with E-state index in [9.17, 15) is 14.0 Å². The molecule has 20 heavy (non-hydrogen) atoms. The van der Waals surface area contributed by atoms with Gasteiger partial charge >= 0.3 is 0 Å². The molecule has 1 fully saturated rings. The molecule has 2 rings (SSSR count). The van der Waals surface area contributed by atoms with Crippen LogP contribution in [0.25, 0.3) is 0 Å². The van der Waals surface area contributed by atoms with Gasteiger partial charge in [0.1, 0.15) is 12.2 Å². The zero-order chi connectivity index (χ0) is 13.8. The van der Waals surface area contributed by atoms with Gasteiger partial charge in [-0.1, -0.05) is 12.1 Å². The average molecular weight is 302 g/mol. The van der Waals surface area contributed by atoms with Crippen molar-refractivity contribution < 1.29 is 14.0 Å². The standard InChI is InChI=1S/C13H16FN3O2.ClH/c14-10-3-1-2-9(6-10)11-8-16-4-5-17(11)13(19)7-12(15)18;/h1-3,6,11,16H,4-5,7-8H2,(H2,15,18);1H. The molecule has 1 saturated heterocycles. The number of piperazine rings is 1. The summed E-state index contributed by atoms with van der Waals surface area (Å²) >= 11 is 0. The Morgan fingerprint density at radius 2 is 2.20 bits per heavy atom. The number of carbonyl (C=O) groups is 2. The van der Waals surface area contributed by atoms with Crippen LogP contribution in [0.5, 0.6) is 0 Å². The fraction of sp³-hybridized carbons (Fsp3) is 0.385. The second-order valence-electron chi connectivity index (χ2n) is 4.51.